The average molecular weight is 467 g/mol. The summed E-state index contributed by atoms with van der Waals surface area (Å²) in [6.45, 7) is 10.6. The minimum absolute atomic E-state index is 0.0388. The summed E-state index contributed by atoms with van der Waals surface area (Å²) in [5, 5.41) is 3.57. The van der Waals surface area contributed by atoms with Crippen LogP contribution in [0.2, 0.25) is 0 Å². The Morgan fingerprint density at radius 1 is 1.03 bits per heavy atom. The van der Waals surface area contributed by atoms with E-state index in [1.54, 1.807) is 0 Å². The molecule has 0 unspecified atom stereocenters. The molecular weight excluding hydrogens is 428 g/mol. The first-order valence-corrected chi connectivity index (χ1v) is 12.0. The highest BCUT2D eigenvalue weighted by Crippen LogP contribution is 2.33. The number of benzene rings is 2. The van der Waals surface area contributed by atoms with E-state index in [9.17, 15) is 0 Å². The summed E-state index contributed by atoms with van der Waals surface area (Å²) in [5.41, 5.74) is 9.38. The molecule has 8 heteroatoms. The van der Waals surface area contributed by atoms with Crippen LogP contribution in [-0.2, 0) is 6.54 Å². The van der Waals surface area contributed by atoms with Crippen LogP contribution in [0.3, 0.4) is 0 Å². The van der Waals surface area contributed by atoms with Gasteiger partial charge in [-0.3, -0.25) is 9.89 Å². The summed E-state index contributed by atoms with van der Waals surface area (Å²) < 4.78 is 11.0. The molecule has 0 bridgehead atoms. The maximum atomic E-state index is 5.96. The third-order valence-corrected chi connectivity index (χ3v) is 6.36. The van der Waals surface area contributed by atoms with Gasteiger partial charge in [-0.2, -0.15) is 0 Å². The van der Waals surface area contributed by atoms with Crippen molar-refractivity contribution in [2.75, 3.05) is 70.4 Å². The maximum absolute atomic E-state index is 5.96. The number of fused-ring (bicyclic) bond motifs is 1. The van der Waals surface area contributed by atoms with Crippen molar-refractivity contribution in [3.05, 3.63) is 48.0 Å². The summed E-state index contributed by atoms with van der Waals surface area (Å²) in [7, 11) is 4.10. The fourth-order valence-corrected chi connectivity index (χ4v) is 3.96. The van der Waals surface area contributed by atoms with Gasteiger partial charge in [0.25, 0.3) is 0 Å². The molecule has 0 radical (unpaired) electrons. The first-order valence-electron chi connectivity index (χ1n) is 12.0. The number of piperazine rings is 1. The fraction of sp³-hybridized carbons (Fsp3) is 0.500. The highest BCUT2D eigenvalue weighted by molar-refractivity contribution is 5.94. The molecule has 8 nitrogen and oxygen atoms in total. The number of hydrogen-bond donors (Lipinski definition) is 2. The van der Waals surface area contributed by atoms with Crippen LogP contribution >= 0.6 is 0 Å². The van der Waals surface area contributed by atoms with Gasteiger partial charge >= 0.3 is 0 Å². The predicted molar refractivity (Wildman–Crippen MR) is 139 cm³/mol. The normalized spacial score (nSPS) is 16.6. The smallest absolute Gasteiger partial charge is 0.231 e. The average Bonchev–Trinajstić information content (AvgIpc) is 3.30. The van der Waals surface area contributed by atoms with E-state index in [2.05, 4.69) is 70.3 Å². The Morgan fingerprint density at radius 3 is 2.41 bits per heavy atom. The summed E-state index contributed by atoms with van der Waals surface area (Å²) in [4.78, 5) is 11.9. The van der Waals surface area contributed by atoms with E-state index >= 15 is 0 Å². The van der Waals surface area contributed by atoms with Crippen molar-refractivity contribution in [3.63, 3.8) is 0 Å². The van der Waals surface area contributed by atoms with E-state index in [0.717, 1.165) is 55.9 Å². The molecule has 0 spiro atoms. The molecule has 1 fully saturated rings. The van der Waals surface area contributed by atoms with Crippen molar-refractivity contribution in [1.29, 1.82) is 0 Å². The number of nitrogens with zero attached hydrogens (tertiary/aromatic N) is 4. The summed E-state index contributed by atoms with van der Waals surface area (Å²) in [6.07, 6.45) is 0. The third kappa shape index (κ3) is 6.12. The lowest BCUT2D eigenvalue weighted by molar-refractivity contribution is 0.172. The lowest BCUT2D eigenvalue weighted by atomic mass is 9.94. The van der Waals surface area contributed by atoms with Gasteiger partial charge in [-0.15, -0.1) is 0 Å². The molecular formula is C26H38N6O2. The number of anilines is 2. The van der Waals surface area contributed by atoms with Crippen LogP contribution in [0.1, 0.15) is 19.4 Å². The number of ether oxygens (including phenoxy) is 2. The molecule has 0 saturated carbocycles. The van der Waals surface area contributed by atoms with Crippen LogP contribution in [0.4, 0.5) is 11.4 Å². The Labute approximate surface area is 203 Å². The number of aliphatic imine (C=N–C) groups is 1. The van der Waals surface area contributed by atoms with Gasteiger partial charge in [0.2, 0.25) is 6.79 Å². The van der Waals surface area contributed by atoms with Gasteiger partial charge in [-0.1, -0.05) is 19.9 Å². The third-order valence-electron chi connectivity index (χ3n) is 6.36. The summed E-state index contributed by atoms with van der Waals surface area (Å²) in [6, 6.07) is 14.7. The largest absolute Gasteiger partial charge is 0.454 e. The van der Waals surface area contributed by atoms with E-state index in [4.69, 9.17) is 20.2 Å². The molecule has 2 aromatic carbocycles. The molecule has 2 aromatic rings. The zero-order valence-corrected chi connectivity index (χ0v) is 20.9. The van der Waals surface area contributed by atoms with Crippen LogP contribution in [-0.4, -0.2) is 75.9 Å². The Hall–Kier alpha value is -2.97. The SMILES string of the molecule is CN(C)c1ccc(NC(=NCC(C)(C)CN)N2CCN(Cc3ccc4c(c3)OCO4)CC2)cc1. The van der Waals surface area contributed by atoms with Crippen LogP contribution in [0, 0.1) is 5.41 Å². The van der Waals surface area contributed by atoms with Crippen LogP contribution in [0.15, 0.2) is 47.5 Å². The molecule has 3 N–H and O–H groups in total. The van der Waals surface area contributed by atoms with Crippen molar-refractivity contribution < 1.29 is 9.47 Å². The van der Waals surface area contributed by atoms with Crippen LogP contribution < -0.4 is 25.4 Å². The lowest BCUT2D eigenvalue weighted by Gasteiger charge is -2.37. The first-order chi connectivity index (χ1) is 16.3. The van der Waals surface area contributed by atoms with Gasteiger partial charge in [0, 0.05) is 64.7 Å². The maximum Gasteiger partial charge on any atom is 0.231 e. The monoisotopic (exact) mass is 466 g/mol. The first kappa shape index (κ1) is 24.2. The molecule has 1 saturated heterocycles. The van der Waals surface area contributed by atoms with Crippen LogP contribution in [0.25, 0.3) is 0 Å². The molecule has 34 heavy (non-hydrogen) atoms. The highest BCUT2D eigenvalue weighted by atomic mass is 16.7. The Morgan fingerprint density at radius 2 is 1.74 bits per heavy atom. The van der Waals surface area contributed by atoms with E-state index in [1.165, 1.54) is 11.3 Å². The molecule has 2 heterocycles. The fourth-order valence-electron chi connectivity index (χ4n) is 3.96. The van der Waals surface area contributed by atoms with Gasteiger partial charge in [-0.05, 0) is 53.9 Å². The Balaban J connectivity index is 1.40. The number of nitrogens with two attached hydrogens (primary N) is 1. The van der Waals surface area contributed by atoms with Crippen molar-refractivity contribution in [1.82, 2.24) is 9.80 Å². The van der Waals surface area contributed by atoms with Gasteiger partial charge < -0.3 is 30.3 Å². The van der Waals surface area contributed by atoms with Crippen LogP contribution in [0.5, 0.6) is 11.5 Å². The zero-order chi connectivity index (χ0) is 24.1. The van der Waals surface area contributed by atoms with Crippen molar-refractivity contribution in [2.24, 2.45) is 16.1 Å². The van der Waals surface area contributed by atoms with Crippen molar-refractivity contribution in [2.45, 2.75) is 20.4 Å². The number of guanidine groups is 1. The Bertz CT molecular complexity index is 981. The topological polar surface area (TPSA) is 78.6 Å². The molecule has 184 valence electrons. The minimum atomic E-state index is -0.0388. The van der Waals surface area contributed by atoms with Gasteiger partial charge in [0.05, 0.1) is 0 Å². The Kier molecular flexibility index (Phi) is 7.48. The second kappa shape index (κ2) is 10.5. The van der Waals surface area contributed by atoms with E-state index in [1.807, 2.05) is 20.2 Å². The van der Waals surface area contributed by atoms with E-state index < -0.39 is 0 Å². The van der Waals surface area contributed by atoms with Gasteiger partial charge in [-0.25, -0.2) is 0 Å². The molecule has 0 aromatic heterocycles. The number of rotatable bonds is 7. The second-order valence-electron chi connectivity index (χ2n) is 10.0. The van der Waals surface area contributed by atoms with Crippen molar-refractivity contribution in [3.8, 4) is 11.5 Å². The zero-order valence-electron chi connectivity index (χ0n) is 20.9. The van der Waals surface area contributed by atoms with Gasteiger partial charge in [0.1, 0.15) is 0 Å². The summed E-state index contributed by atoms with van der Waals surface area (Å²) in [5.74, 6) is 2.60. The van der Waals surface area contributed by atoms with E-state index in [0.29, 0.717) is 19.9 Å². The second-order valence-corrected chi connectivity index (χ2v) is 10.0. The number of hydrogen-bond acceptors (Lipinski definition) is 6. The standard InChI is InChI=1S/C26H38N6O2/c1-26(2,17-27)18-28-25(29-21-6-8-22(9-7-21)30(3)4)32-13-11-31(12-14-32)16-20-5-10-23-24(15-20)34-19-33-23/h5-10,15H,11-14,16-19,27H2,1-4H3,(H,28,29). The lowest BCUT2D eigenvalue weighted by Crippen LogP contribution is -2.50. The molecule has 4 rings (SSSR count). The molecule has 0 aliphatic carbocycles. The minimum Gasteiger partial charge on any atom is -0.454 e. The molecule has 0 atom stereocenters. The van der Waals surface area contributed by atoms with Crippen molar-refractivity contribution >= 4 is 17.3 Å². The number of nitrogens with one attached hydrogen (secondary N) is 1. The predicted octanol–water partition coefficient (Wildman–Crippen LogP) is 3.05. The van der Waals surface area contributed by atoms with Gasteiger partial charge in [0.15, 0.2) is 17.5 Å². The molecule has 2 aliphatic heterocycles. The van der Waals surface area contributed by atoms with E-state index in [-0.39, 0.29) is 5.41 Å². The molecule has 0 amide bonds. The quantitative estimate of drug-likeness (QED) is 0.480. The molecule has 2 aliphatic rings. The highest BCUT2D eigenvalue weighted by Gasteiger charge is 2.23. The summed E-state index contributed by atoms with van der Waals surface area (Å²) >= 11 is 0.